The molecule has 0 aromatic carbocycles. The molecule has 5 heteroatoms. The number of nitrogens with zero attached hydrogens (tertiary/aromatic N) is 3. The Morgan fingerprint density at radius 3 is 2.53 bits per heavy atom. The van der Waals surface area contributed by atoms with Crippen LogP contribution in [0.3, 0.4) is 0 Å². The first-order valence-corrected chi connectivity index (χ1v) is 5.60. The number of hydrogen-bond acceptors (Lipinski definition) is 5. The lowest BCUT2D eigenvalue weighted by Crippen LogP contribution is -2.43. The quantitative estimate of drug-likeness (QED) is 0.830. The summed E-state index contributed by atoms with van der Waals surface area (Å²) in [5.41, 5.74) is 1.40. The van der Waals surface area contributed by atoms with Gasteiger partial charge < -0.3 is 14.7 Å². The van der Waals surface area contributed by atoms with Gasteiger partial charge in [0.05, 0.1) is 12.3 Å². The Kier molecular flexibility index (Phi) is 4.42. The van der Waals surface area contributed by atoms with E-state index in [4.69, 9.17) is 9.84 Å². The number of aliphatic hydroxyl groups is 1. The molecule has 1 N–H and O–H groups in total. The summed E-state index contributed by atoms with van der Waals surface area (Å²) in [5.74, 6) is 0. The standard InChI is InChI=1S/C12H21N3O2/c1-9-10(7-16)6-13-11(14-9)17-8-12(2,3)15(4)5/h6,16H,7-8H2,1-5H3. The van der Waals surface area contributed by atoms with E-state index in [1.54, 1.807) is 6.20 Å². The Labute approximate surface area is 102 Å². The summed E-state index contributed by atoms with van der Waals surface area (Å²) in [6.07, 6.45) is 1.60. The summed E-state index contributed by atoms with van der Waals surface area (Å²) < 4.78 is 5.57. The molecule has 0 unspecified atom stereocenters. The van der Waals surface area contributed by atoms with E-state index in [2.05, 4.69) is 28.7 Å². The fraction of sp³-hybridized carbons (Fsp3) is 0.667. The monoisotopic (exact) mass is 239 g/mol. The molecule has 0 fully saturated rings. The molecule has 0 amide bonds. The van der Waals surface area contributed by atoms with Crippen molar-refractivity contribution in [2.75, 3.05) is 20.7 Å². The lowest BCUT2D eigenvalue weighted by atomic mass is 10.1. The van der Waals surface area contributed by atoms with Crippen molar-refractivity contribution in [2.24, 2.45) is 0 Å². The SMILES string of the molecule is Cc1nc(OCC(C)(C)N(C)C)ncc1CO. The van der Waals surface area contributed by atoms with Crippen LogP contribution >= 0.6 is 0 Å². The molecule has 96 valence electrons. The van der Waals surface area contributed by atoms with Crippen LogP contribution in [0.4, 0.5) is 0 Å². The van der Waals surface area contributed by atoms with Crippen LogP contribution in [-0.4, -0.2) is 46.2 Å². The maximum Gasteiger partial charge on any atom is 0.316 e. The van der Waals surface area contributed by atoms with E-state index < -0.39 is 0 Å². The number of aliphatic hydroxyl groups excluding tert-OH is 1. The third-order valence-electron chi connectivity index (χ3n) is 2.99. The van der Waals surface area contributed by atoms with Crippen molar-refractivity contribution in [3.05, 3.63) is 17.5 Å². The van der Waals surface area contributed by atoms with E-state index in [-0.39, 0.29) is 12.1 Å². The lowest BCUT2D eigenvalue weighted by molar-refractivity contribution is 0.107. The third-order valence-corrected chi connectivity index (χ3v) is 2.99. The molecule has 1 heterocycles. The van der Waals surface area contributed by atoms with Crippen molar-refractivity contribution in [1.82, 2.24) is 14.9 Å². The number of hydrogen-bond donors (Lipinski definition) is 1. The van der Waals surface area contributed by atoms with E-state index in [0.717, 1.165) is 11.3 Å². The molecule has 1 aromatic rings. The highest BCUT2D eigenvalue weighted by Crippen LogP contribution is 2.13. The summed E-state index contributed by atoms with van der Waals surface area (Å²) >= 11 is 0. The molecular weight excluding hydrogens is 218 g/mol. The van der Waals surface area contributed by atoms with Crippen LogP contribution in [0.2, 0.25) is 0 Å². The summed E-state index contributed by atoms with van der Waals surface area (Å²) in [4.78, 5) is 10.3. The normalized spacial score (nSPS) is 11.9. The zero-order valence-electron chi connectivity index (χ0n) is 11.2. The number of ether oxygens (including phenoxy) is 1. The summed E-state index contributed by atoms with van der Waals surface area (Å²) in [5, 5.41) is 9.01. The van der Waals surface area contributed by atoms with Gasteiger partial charge in [0.15, 0.2) is 0 Å². The van der Waals surface area contributed by atoms with Gasteiger partial charge in [0.2, 0.25) is 0 Å². The van der Waals surface area contributed by atoms with Crippen molar-refractivity contribution in [3.63, 3.8) is 0 Å². The van der Waals surface area contributed by atoms with E-state index in [1.165, 1.54) is 0 Å². The first kappa shape index (κ1) is 13.9. The highest BCUT2D eigenvalue weighted by molar-refractivity contribution is 5.16. The van der Waals surface area contributed by atoms with Crippen LogP contribution in [0, 0.1) is 6.92 Å². The molecule has 1 aromatic heterocycles. The molecule has 0 saturated heterocycles. The predicted octanol–water partition coefficient (Wildman–Crippen LogP) is 0.996. The average Bonchev–Trinajstić information content (AvgIpc) is 2.26. The molecule has 0 bridgehead atoms. The molecule has 0 aliphatic carbocycles. The Morgan fingerprint density at radius 1 is 1.41 bits per heavy atom. The van der Waals surface area contributed by atoms with Gasteiger partial charge in [-0.15, -0.1) is 0 Å². The molecule has 17 heavy (non-hydrogen) atoms. The van der Waals surface area contributed by atoms with Gasteiger partial charge in [0, 0.05) is 17.3 Å². The van der Waals surface area contributed by atoms with E-state index in [1.807, 2.05) is 21.0 Å². The zero-order chi connectivity index (χ0) is 13.1. The average molecular weight is 239 g/mol. The number of rotatable bonds is 5. The Morgan fingerprint density at radius 2 is 2.06 bits per heavy atom. The molecule has 0 spiro atoms. The van der Waals surface area contributed by atoms with E-state index in [9.17, 15) is 0 Å². The fourth-order valence-electron chi connectivity index (χ4n) is 1.07. The Bertz CT molecular complexity index is 378. The van der Waals surface area contributed by atoms with Crippen molar-refractivity contribution < 1.29 is 9.84 Å². The van der Waals surface area contributed by atoms with Crippen LogP contribution in [0.15, 0.2) is 6.20 Å². The number of aromatic nitrogens is 2. The van der Waals surface area contributed by atoms with Crippen LogP contribution in [0.25, 0.3) is 0 Å². The smallest absolute Gasteiger partial charge is 0.316 e. The first-order valence-electron chi connectivity index (χ1n) is 5.60. The van der Waals surface area contributed by atoms with Crippen molar-refractivity contribution in [2.45, 2.75) is 32.9 Å². The predicted molar refractivity (Wildman–Crippen MR) is 66.0 cm³/mol. The molecule has 0 atom stereocenters. The highest BCUT2D eigenvalue weighted by atomic mass is 16.5. The third kappa shape index (κ3) is 3.64. The van der Waals surface area contributed by atoms with Crippen molar-refractivity contribution >= 4 is 0 Å². The van der Waals surface area contributed by atoms with Gasteiger partial charge in [-0.05, 0) is 34.9 Å². The fourth-order valence-corrected chi connectivity index (χ4v) is 1.07. The number of aryl methyl sites for hydroxylation is 1. The van der Waals surface area contributed by atoms with E-state index in [0.29, 0.717) is 12.6 Å². The van der Waals surface area contributed by atoms with E-state index >= 15 is 0 Å². The minimum Gasteiger partial charge on any atom is -0.462 e. The van der Waals surface area contributed by atoms with Crippen LogP contribution in [-0.2, 0) is 6.61 Å². The first-order chi connectivity index (χ1) is 7.86. The van der Waals surface area contributed by atoms with Gasteiger partial charge >= 0.3 is 6.01 Å². The minimum atomic E-state index is -0.0765. The van der Waals surface area contributed by atoms with Gasteiger partial charge in [0.1, 0.15) is 6.61 Å². The summed E-state index contributed by atoms with van der Waals surface area (Å²) in [7, 11) is 4.01. The molecule has 0 saturated carbocycles. The second-order valence-electron chi connectivity index (χ2n) is 4.92. The zero-order valence-corrected chi connectivity index (χ0v) is 11.2. The van der Waals surface area contributed by atoms with Gasteiger partial charge in [-0.1, -0.05) is 0 Å². The molecule has 5 nitrogen and oxygen atoms in total. The molecule has 0 radical (unpaired) electrons. The topological polar surface area (TPSA) is 58.5 Å². The van der Waals surface area contributed by atoms with Crippen LogP contribution < -0.4 is 4.74 Å². The number of likely N-dealkylation sites (N-methyl/N-ethyl adjacent to an activating group) is 1. The van der Waals surface area contributed by atoms with Gasteiger partial charge in [-0.2, -0.15) is 0 Å². The van der Waals surface area contributed by atoms with Crippen LogP contribution in [0.1, 0.15) is 25.1 Å². The summed E-state index contributed by atoms with van der Waals surface area (Å²) in [6, 6.07) is 0.356. The molecule has 0 aliphatic rings. The van der Waals surface area contributed by atoms with Crippen molar-refractivity contribution in [3.8, 4) is 6.01 Å². The molecule has 1 rings (SSSR count). The van der Waals surface area contributed by atoms with Crippen molar-refractivity contribution in [1.29, 1.82) is 0 Å². The summed E-state index contributed by atoms with van der Waals surface area (Å²) in [6.45, 7) is 6.47. The maximum absolute atomic E-state index is 9.01. The van der Waals surface area contributed by atoms with Gasteiger partial charge in [-0.3, -0.25) is 0 Å². The molecular formula is C12H21N3O2. The van der Waals surface area contributed by atoms with Crippen LogP contribution in [0.5, 0.6) is 6.01 Å². The lowest BCUT2D eigenvalue weighted by Gasteiger charge is -2.31. The Balaban J connectivity index is 2.67. The maximum atomic E-state index is 9.01. The van der Waals surface area contributed by atoms with Gasteiger partial charge in [0.25, 0.3) is 0 Å². The second-order valence-corrected chi connectivity index (χ2v) is 4.92. The largest absolute Gasteiger partial charge is 0.462 e. The van der Waals surface area contributed by atoms with Gasteiger partial charge in [-0.25, -0.2) is 9.97 Å². The Hall–Kier alpha value is -1.20. The minimum absolute atomic E-state index is 0.0463. The highest BCUT2D eigenvalue weighted by Gasteiger charge is 2.21. The second kappa shape index (κ2) is 5.42. The molecule has 0 aliphatic heterocycles.